The third kappa shape index (κ3) is 3.98. The zero-order valence-corrected chi connectivity index (χ0v) is 13.8. The Hall–Kier alpha value is -0.610. The van der Waals surface area contributed by atoms with Crippen molar-refractivity contribution in [3.8, 4) is 0 Å². The van der Waals surface area contributed by atoms with Gasteiger partial charge in [-0.05, 0) is 31.5 Å². The Bertz CT molecular complexity index is 427. The van der Waals surface area contributed by atoms with Crippen LogP contribution in [0, 0.1) is 0 Å². The normalized spacial score (nSPS) is 19.4. The van der Waals surface area contributed by atoms with Crippen LogP contribution in [0.1, 0.15) is 44.7 Å². The van der Waals surface area contributed by atoms with Crippen LogP contribution in [0.25, 0.3) is 0 Å². The second-order valence-electron chi connectivity index (χ2n) is 5.52. The molecule has 1 N–H and O–H groups in total. The van der Waals surface area contributed by atoms with E-state index in [0.29, 0.717) is 6.61 Å². The molecule has 1 aliphatic rings. The van der Waals surface area contributed by atoms with Gasteiger partial charge in [-0.3, -0.25) is 0 Å². The molecule has 0 saturated carbocycles. The van der Waals surface area contributed by atoms with Gasteiger partial charge in [-0.15, -0.1) is 0 Å². The molecule has 0 aromatic heterocycles. The van der Waals surface area contributed by atoms with Crippen LogP contribution in [0.15, 0.2) is 24.3 Å². The van der Waals surface area contributed by atoms with Crippen LogP contribution < -0.4 is 5.32 Å². The quantitative estimate of drug-likeness (QED) is 0.826. The van der Waals surface area contributed by atoms with Crippen molar-refractivity contribution in [2.24, 2.45) is 0 Å². The van der Waals surface area contributed by atoms with Crippen molar-refractivity contribution in [3.63, 3.8) is 0 Å². The van der Waals surface area contributed by atoms with Gasteiger partial charge in [0.15, 0.2) is 0 Å². The highest BCUT2D eigenvalue weighted by Crippen LogP contribution is 2.40. The molecule has 3 nitrogen and oxygen atoms in total. The minimum atomic E-state index is -0.229. The van der Waals surface area contributed by atoms with Crippen molar-refractivity contribution in [1.29, 1.82) is 0 Å². The van der Waals surface area contributed by atoms with E-state index in [1.807, 2.05) is 18.2 Å². The molecule has 0 bridgehead atoms. The van der Waals surface area contributed by atoms with Crippen molar-refractivity contribution in [2.75, 3.05) is 26.4 Å². The Morgan fingerprint density at radius 1 is 1.29 bits per heavy atom. The Morgan fingerprint density at radius 2 is 2.00 bits per heavy atom. The number of benzene rings is 1. The summed E-state index contributed by atoms with van der Waals surface area (Å²) in [6.07, 6.45) is 2.88. The van der Waals surface area contributed by atoms with Crippen LogP contribution in [-0.2, 0) is 9.47 Å². The Morgan fingerprint density at radius 3 is 2.62 bits per heavy atom. The molecule has 21 heavy (non-hydrogen) atoms. The van der Waals surface area contributed by atoms with E-state index in [-0.39, 0.29) is 11.6 Å². The zero-order valence-electron chi connectivity index (χ0n) is 13.0. The molecule has 0 amide bonds. The molecule has 1 fully saturated rings. The van der Waals surface area contributed by atoms with E-state index >= 15 is 0 Å². The molecule has 4 heteroatoms. The summed E-state index contributed by atoms with van der Waals surface area (Å²) in [5.41, 5.74) is 0.899. The monoisotopic (exact) mass is 311 g/mol. The predicted octanol–water partition coefficient (Wildman–Crippen LogP) is 3.97. The Balaban J connectivity index is 2.34. The molecule has 2 rings (SSSR count). The third-order valence-electron chi connectivity index (χ3n) is 4.11. The minimum Gasteiger partial charge on any atom is -0.381 e. The van der Waals surface area contributed by atoms with Gasteiger partial charge in [-0.2, -0.15) is 0 Å². The lowest BCUT2D eigenvalue weighted by Gasteiger charge is -2.44. The highest BCUT2D eigenvalue weighted by Gasteiger charge is 2.42. The molecule has 118 valence electrons. The molecule has 1 unspecified atom stereocenters. The van der Waals surface area contributed by atoms with Crippen molar-refractivity contribution in [3.05, 3.63) is 34.9 Å². The Labute approximate surface area is 133 Å². The van der Waals surface area contributed by atoms with E-state index in [1.54, 1.807) is 0 Å². The average Bonchev–Trinajstić information content (AvgIpc) is 2.50. The largest absolute Gasteiger partial charge is 0.381 e. The van der Waals surface area contributed by atoms with Crippen LogP contribution in [0.4, 0.5) is 0 Å². The standard InChI is InChI=1S/C17H26ClNO2/c1-3-11-19-16(14-7-5-6-8-15(14)18)17(21-4-2)9-12-20-13-10-17/h5-8,16,19H,3-4,9-13H2,1-2H3. The fourth-order valence-electron chi connectivity index (χ4n) is 3.10. The third-order valence-corrected chi connectivity index (χ3v) is 4.46. The van der Waals surface area contributed by atoms with Crippen LogP contribution in [0.2, 0.25) is 5.02 Å². The van der Waals surface area contributed by atoms with Gasteiger partial charge in [0.05, 0.1) is 11.6 Å². The van der Waals surface area contributed by atoms with E-state index in [9.17, 15) is 0 Å². The lowest BCUT2D eigenvalue weighted by molar-refractivity contribution is -0.128. The lowest BCUT2D eigenvalue weighted by Crippen LogP contribution is -2.50. The maximum atomic E-state index is 6.45. The minimum absolute atomic E-state index is 0.106. The molecule has 0 radical (unpaired) electrons. The van der Waals surface area contributed by atoms with Crippen LogP contribution in [-0.4, -0.2) is 32.0 Å². The first kappa shape index (κ1) is 16.8. The Kier molecular flexibility index (Phi) is 6.49. The van der Waals surface area contributed by atoms with Crippen LogP contribution in [0.5, 0.6) is 0 Å². The molecular weight excluding hydrogens is 286 g/mol. The van der Waals surface area contributed by atoms with E-state index in [4.69, 9.17) is 21.1 Å². The van der Waals surface area contributed by atoms with E-state index in [1.165, 1.54) is 0 Å². The molecule has 1 aliphatic heterocycles. The van der Waals surface area contributed by atoms with Gasteiger partial charge < -0.3 is 14.8 Å². The molecule has 1 aromatic carbocycles. The van der Waals surface area contributed by atoms with Crippen molar-refractivity contribution in [2.45, 2.75) is 44.8 Å². The molecule has 0 aliphatic carbocycles. The van der Waals surface area contributed by atoms with Gasteiger partial charge in [0, 0.05) is 37.7 Å². The SMILES string of the molecule is CCCNC(c1ccccc1Cl)C1(OCC)CCOCC1. The van der Waals surface area contributed by atoms with Gasteiger partial charge >= 0.3 is 0 Å². The second-order valence-corrected chi connectivity index (χ2v) is 5.93. The molecule has 1 atom stereocenters. The van der Waals surface area contributed by atoms with E-state index in [0.717, 1.165) is 49.6 Å². The van der Waals surface area contributed by atoms with Crippen LogP contribution in [0.3, 0.4) is 0 Å². The summed E-state index contributed by atoms with van der Waals surface area (Å²) in [5, 5.41) is 4.46. The summed E-state index contributed by atoms with van der Waals surface area (Å²) >= 11 is 6.45. The molecule has 1 heterocycles. The van der Waals surface area contributed by atoms with Crippen molar-refractivity contribution in [1.82, 2.24) is 5.32 Å². The zero-order chi connectivity index (χ0) is 15.1. The van der Waals surface area contributed by atoms with Gasteiger partial charge in [-0.1, -0.05) is 36.7 Å². The van der Waals surface area contributed by atoms with Crippen LogP contribution >= 0.6 is 11.6 Å². The summed E-state index contributed by atoms with van der Waals surface area (Å²) < 4.78 is 11.8. The summed E-state index contributed by atoms with van der Waals surface area (Å²) in [4.78, 5) is 0. The smallest absolute Gasteiger partial charge is 0.0920 e. The van der Waals surface area contributed by atoms with Gasteiger partial charge in [0.1, 0.15) is 0 Å². The summed E-state index contributed by atoms with van der Waals surface area (Å²) in [6.45, 7) is 7.37. The first-order valence-electron chi connectivity index (χ1n) is 7.93. The first-order chi connectivity index (χ1) is 10.2. The summed E-state index contributed by atoms with van der Waals surface area (Å²) in [7, 11) is 0. The fraction of sp³-hybridized carbons (Fsp3) is 0.647. The molecular formula is C17H26ClNO2. The maximum absolute atomic E-state index is 6.45. The number of nitrogens with one attached hydrogen (secondary N) is 1. The van der Waals surface area contributed by atoms with Gasteiger partial charge in [0.25, 0.3) is 0 Å². The maximum Gasteiger partial charge on any atom is 0.0920 e. The van der Waals surface area contributed by atoms with Crippen molar-refractivity contribution >= 4 is 11.6 Å². The topological polar surface area (TPSA) is 30.5 Å². The highest BCUT2D eigenvalue weighted by molar-refractivity contribution is 6.31. The van der Waals surface area contributed by atoms with E-state index < -0.39 is 0 Å². The highest BCUT2D eigenvalue weighted by atomic mass is 35.5. The molecule has 0 spiro atoms. The lowest BCUT2D eigenvalue weighted by atomic mass is 9.81. The number of rotatable bonds is 7. The predicted molar refractivity (Wildman–Crippen MR) is 86.9 cm³/mol. The summed E-state index contributed by atoms with van der Waals surface area (Å²) in [5.74, 6) is 0. The van der Waals surface area contributed by atoms with Crippen molar-refractivity contribution < 1.29 is 9.47 Å². The number of halogens is 1. The molecule has 1 aromatic rings. The van der Waals surface area contributed by atoms with Gasteiger partial charge in [0.2, 0.25) is 0 Å². The van der Waals surface area contributed by atoms with Gasteiger partial charge in [-0.25, -0.2) is 0 Å². The number of hydrogen-bond acceptors (Lipinski definition) is 3. The van der Waals surface area contributed by atoms with E-state index in [2.05, 4.69) is 25.2 Å². The summed E-state index contributed by atoms with van der Waals surface area (Å²) in [6, 6.07) is 8.18. The number of hydrogen-bond donors (Lipinski definition) is 1. The number of ether oxygens (including phenoxy) is 2. The average molecular weight is 312 g/mol. The fourth-order valence-corrected chi connectivity index (χ4v) is 3.34. The molecule has 1 saturated heterocycles. The second kappa shape index (κ2) is 8.14. The first-order valence-corrected chi connectivity index (χ1v) is 8.31.